The number of anilines is 1. The molecule has 0 fully saturated rings. The summed E-state index contributed by atoms with van der Waals surface area (Å²) in [6, 6.07) is 20.3. The van der Waals surface area contributed by atoms with Crippen molar-refractivity contribution in [1.82, 2.24) is 14.3 Å². The summed E-state index contributed by atoms with van der Waals surface area (Å²) in [6.07, 6.45) is -1.03. The Kier molecular flexibility index (Phi) is 6.96. The van der Waals surface area contributed by atoms with E-state index < -0.39 is 17.8 Å². The highest BCUT2D eigenvalue weighted by Gasteiger charge is 2.35. The van der Waals surface area contributed by atoms with Crippen molar-refractivity contribution in [3.63, 3.8) is 0 Å². The molecule has 5 aromatic rings. The third-order valence-corrected chi connectivity index (χ3v) is 6.63. The first kappa shape index (κ1) is 25.9. The Morgan fingerprint density at radius 3 is 2.13 bits per heavy atom. The lowest BCUT2D eigenvalue weighted by Gasteiger charge is -2.13. The minimum atomic E-state index is -4.65. The molecule has 0 aliphatic heterocycles. The van der Waals surface area contributed by atoms with E-state index in [-0.39, 0.29) is 27.0 Å². The zero-order valence-electron chi connectivity index (χ0n) is 19.2. The van der Waals surface area contributed by atoms with Crippen LogP contribution in [0.2, 0.25) is 15.1 Å². The van der Waals surface area contributed by atoms with E-state index in [1.807, 2.05) is 24.5 Å². The van der Waals surface area contributed by atoms with Crippen LogP contribution in [0.15, 0.2) is 91.3 Å². The van der Waals surface area contributed by atoms with Gasteiger partial charge in [0.15, 0.2) is 5.69 Å². The molecule has 0 spiro atoms. The van der Waals surface area contributed by atoms with Crippen LogP contribution in [0, 0.1) is 0 Å². The van der Waals surface area contributed by atoms with E-state index in [1.165, 1.54) is 24.3 Å². The molecule has 0 radical (unpaired) electrons. The maximum absolute atomic E-state index is 13.5. The Labute approximate surface area is 230 Å². The molecule has 0 saturated heterocycles. The molecule has 5 nitrogen and oxygen atoms in total. The summed E-state index contributed by atoms with van der Waals surface area (Å²) < 4.78 is 43.3. The molecule has 38 heavy (non-hydrogen) atoms. The fourth-order valence-electron chi connectivity index (χ4n) is 3.84. The normalized spacial score (nSPS) is 11.5. The predicted molar refractivity (Wildman–Crippen MR) is 143 cm³/mol. The van der Waals surface area contributed by atoms with E-state index in [0.717, 1.165) is 10.7 Å². The van der Waals surface area contributed by atoms with Crippen molar-refractivity contribution in [3.8, 4) is 22.6 Å². The zero-order valence-corrected chi connectivity index (χ0v) is 21.4. The number of para-hydroxylation sites is 1. The summed E-state index contributed by atoms with van der Waals surface area (Å²) >= 11 is 19.0. The van der Waals surface area contributed by atoms with Gasteiger partial charge in [-0.3, -0.25) is 4.79 Å². The fourth-order valence-corrected chi connectivity index (χ4v) is 4.53. The second-order valence-corrected chi connectivity index (χ2v) is 9.40. The summed E-state index contributed by atoms with van der Waals surface area (Å²) in [7, 11) is 0. The van der Waals surface area contributed by atoms with Crippen molar-refractivity contribution < 1.29 is 18.0 Å². The smallest absolute Gasteiger partial charge is 0.322 e. The van der Waals surface area contributed by atoms with E-state index >= 15 is 0 Å². The lowest BCUT2D eigenvalue weighted by Crippen LogP contribution is -2.12. The van der Waals surface area contributed by atoms with Gasteiger partial charge in [0.2, 0.25) is 0 Å². The van der Waals surface area contributed by atoms with Crippen molar-refractivity contribution in [2.75, 3.05) is 5.32 Å². The topological polar surface area (TPSA) is 51.9 Å². The van der Waals surface area contributed by atoms with Crippen molar-refractivity contribution in [2.24, 2.45) is 0 Å². The van der Waals surface area contributed by atoms with Gasteiger partial charge in [-0.1, -0.05) is 59.1 Å². The van der Waals surface area contributed by atoms with Crippen molar-refractivity contribution in [3.05, 3.63) is 118 Å². The number of hydrogen-bond donors (Lipinski definition) is 1. The maximum atomic E-state index is 13.5. The van der Waals surface area contributed by atoms with E-state index in [9.17, 15) is 18.0 Å². The monoisotopic (exact) mass is 574 g/mol. The van der Waals surface area contributed by atoms with Crippen LogP contribution in [-0.4, -0.2) is 20.3 Å². The third-order valence-electron chi connectivity index (χ3n) is 5.69. The molecular weight excluding hydrogens is 560 g/mol. The molecule has 2 aromatic heterocycles. The van der Waals surface area contributed by atoms with Crippen molar-refractivity contribution in [1.29, 1.82) is 0 Å². The number of alkyl halides is 3. The summed E-state index contributed by atoms with van der Waals surface area (Å²) in [5.74, 6) is -0.473. The van der Waals surface area contributed by atoms with Crippen LogP contribution in [0.3, 0.4) is 0 Å². The number of carbonyl (C=O) groups is 1. The average Bonchev–Trinajstić information content (AvgIpc) is 3.57. The van der Waals surface area contributed by atoms with E-state index in [0.29, 0.717) is 22.0 Å². The number of benzene rings is 3. The molecule has 0 aliphatic rings. The molecule has 11 heteroatoms. The highest BCUT2D eigenvalue weighted by atomic mass is 35.5. The minimum Gasteiger partial charge on any atom is -0.322 e. The van der Waals surface area contributed by atoms with Gasteiger partial charge in [-0.05, 0) is 54.6 Å². The van der Waals surface area contributed by atoms with Crippen LogP contribution in [-0.2, 0) is 6.18 Å². The zero-order chi connectivity index (χ0) is 27.0. The van der Waals surface area contributed by atoms with Gasteiger partial charge in [-0.25, -0.2) is 4.68 Å². The van der Waals surface area contributed by atoms with Gasteiger partial charge in [0.25, 0.3) is 5.91 Å². The van der Waals surface area contributed by atoms with Crippen LogP contribution < -0.4 is 5.32 Å². The lowest BCUT2D eigenvalue weighted by molar-refractivity contribution is -0.141. The van der Waals surface area contributed by atoms with Crippen molar-refractivity contribution in [2.45, 2.75) is 6.18 Å². The molecule has 0 atom stereocenters. The molecular formula is C27H16Cl3F3N4O. The molecule has 0 bridgehead atoms. The molecule has 1 amide bonds. The molecule has 0 saturated carbocycles. The van der Waals surface area contributed by atoms with Gasteiger partial charge in [0.05, 0.1) is 37.8 Å². The lowest BCUT2D eigenvalue weighted by atomic mass is 10.1. The highest BCUT2D eigenvalue weighted by molar-refractivity contribution is 6.37. The third kappa shape index (κ3) is 5.15. The van der Waals surface area contributed by atoms with Crippen LogP contribution in [0.4, 0.5) is 18.9 Å². The quantitative estimate of drug-likeness (QED) is 0.228. The number of carbonyl (C=O) groups excluding carboxylic acids is 1. The summed E-state index contributed by atoms with van der Waals surface area (Å²) in [5.41, 5.74) is 1.01. The van der Waals surface area contributed by atoms with Crippen LogP contribution in [0.5, 0.6) is 0 Å². The summed E-state index contributed by atoms with van der Waals surface area (Å²) in [6.45, 7) is 0. The van der Waals surface area contributed by atoms with Gasteiger partial charge in [-0.15, -0.1) is 0 Å². The number of amides is 1. The minimum absolute atomic E-state index is 0.160. The number of nitrogens with one attached hydrogen (secondary N) is 1. The van der Waals surface area contributed by atoms with Gasteiger partial charge in [-0.2, -0.15) is 18.3 Å². The Hall–Kier alpha value is -3.72. The molecule has 0 aliphatic carbocycles. The molecule has 2 heterocycles. The molecule has 5 rings (SSSR count). The Morgan fingerprint density at radius 1 is 0.789 bits per heavy atom. The number of rotatable bonds is 5. The Balaban J connectivity index is 1.43. The standard InChI is InChI=1S/C27H16Cl3F3N4O/c28-18-5-1-2-6-22(18)37-23(15-25(35-37)27(31,32)33)16-7-9-17(10-8-16)26(38)34-21-13-20(30)24(14-19(21)29)36-11-3-4-12-36/h1-15H,(H,34,38). The number of hydrogen-bond acceptors (Lipinski definition) is 2. The number of halogens is 6. The van der Waals surface area contributed by atoms with E-state index in [1.54, 1.807) is 41.0 Å². The maximum Gasteiger partial charge on any atom is 0.435 e. The number of aromatic nitrogens is 3. The first-order chi connectivity index (χ1) is 18.1. The molecule has 192 valence electrons. The van der Waals surface area contributed by atoms with Gasteiger partial charge < -0.3 is 9.88 Å². The molecule has 1 N–H and O–H groups in total. The largest absolute Gasteiger partial charge is 0.435 e. The number of nitrogens with zero attached hydrogens (tertiary/aromatic N) is 3. The van der Waals surface area contributed by atoms with Gasteiger partial charge >= 0.3 is 6.18 Å². The predicted octanol–water partition coefficient (Wildman–Crippen LogP) is 8.56. The van der Waals surface area contributed by atoms with Crippen LogP contribution >= 0.6 is 34.8 Å². The van der Waals surface area contributed by atoms with Crippen LogP contribution in [0.1, 0.15) is 16.1 Å². The summed E-state index contributed by atoms with van der Waals surface area (Å²) in [4.78, 5) is 12.9. The van der Waals surface area contributed by atoms with E-state index in [4.69, 9.17) is 34.8 Å². The van der Waals surface area contributed by atoms with Gasteiger partial charge in [0, 0.05) is 23.5 Å². The van der Waals surface area contributed by atoms with Crippen molar-refractivity contribution >= 4 is 46.4 Å². The molecule has 3 aromatic carbocycles. The first-order valence-corrected chi connectivity index (χ1v) is 12.2. The highest BCUT2D eigenvalue weighted by Crippen LogP contribution is 2.35. The Morgan fingerprint density at radius 2 is 1.47 bits per heavy atom. The second kappa shape index (κ2) is 10.2. The van der Waals surface area contributed by atoms with Gasteiger partial charge in [0.1, 0.15) is 0 Å². The molecule has 0 unspecified atom stereocenters. The summed E-state index contributed by atoms with van der Waals surface area (Å²) in [5, 5.41) is 7.36. The average molecular weight is 576 g/mol. The van der Waals surface area contributed by atoms with Crippen LogP contribution in [0.25, 0.3) is 22.6 Å². The SMILES string of the molecule is O=C(Nc1cc(Cl)c(-n2cccc2)cc1Cl)c1ccc(-c2cc(C(F)(F)F)nn2-c2ccccc2Cl)cc1. The second-order valence-electron chi connectivity index (χ2n) is 8.18. The first-order valence-electron chi connectivity index (χ1n) is 11.1. The fraction of sp³-hybridized carbons (Fsp3) is 0.0370. The Bertz CT molecular complexity index is 1630. The van der Waals surface area contributed by atoms with E-state index in [2.05, 4.69) is 10.4 Å².